The SMILES string of the molecule is Cc1cc(SSc2ccnc(C)c2)ccn1. The molecule has 0 amide bonds. The van der Waals surface area contributed by atoms with Gasteiger partial charge < -0.3 is 0 Å². The molecule has 0 unspecified atom stereocenters. The van der Waals surface area contributed by atoms with E-state index in [0.717, 1.165) is 11.4 Å². The van der Waals surface area contributed by atoms with E-state index in [-0.39, 0.29) is 0 Å². The van der Waals surface area contributed by atoms with Crippen LogP contribution in [0.1, 0.15) is 11.4 Å². The highest BCUT2D eigenvalue weighted by atomic mass is 33.1. The monoisotopic (exact) mass is 248 g/mol. The molecule has 2 aromatic heterocycles. The van der Waals surface area contributed by atoms with E-state index in [4.69, 9.17) is 0 Å². The maximum absolute atomic E-state index is 4.18. The lowest BCUT2D eigenvalue weighted by atomic mass is 10.4. The van der Waals surface area contributed by atoms with Gasteiger partial charge in [0.2, 0.25) is 0 Å². The number of aromatic nitrogens is 2. The van der Waals surface area contributed by atoms with Gasteiger partial charge >= 0.3 is 0 Å². The van der Waals surface area contributed by atoms with Crippen molar-refractivity contribution in [2.75, 3.05) is 0 Å². The summed E-state index contributed by atoms with van der Waals surface area (Å²) in [5, 5.41) is 0. The molecule has 0 atom stereocenters. The van der Waals surface area contributed by atoms with Gasteiger partial charge in [-0.25, -0.2) is 0 Å². The molecule has 2 aromatic rings. The molecule has 0 N–H and O–H groups in total. The average molecular weight is 248 g/mol. The summed E-state index contributed by atoms with van der Waals surface area (Å²) in [5.74, 6) is 0. The van der Waals surface area contributed by atoms with Crippen LogP contribution in [0.5, 0.6) is 0 Å². The normalized spacial score (nSPS) is 10.4. The molecule has 4 heteroatoms. The van der Waals surface area contributed by atoms with Gasteiger partial charge in [0, 0.05) is 33.6 Å². The summed E-state index contributed by atoms with van der Waals surface area (Å²) < 4.78 is 0. The standard InChI is InChI=1S/C12H12N2S2/c1-9-7-11(3-5-13-9)15-16-12-4-6-14-10(2)8-12/h3-8H,1-2H3. The molecule has 0 aliphatic heterocycles. The van der Waals surface area contributed by atoms with Crippen molar-refractivity contribution in [3.8, 4) is 0 Å². The zero-order valence-corrected chi connectivity index (χ0v) is 10.8. The van der Waals surface area contributed by atoms with Gasteiger partial charge in [0.05, 0.1) is 0 Å². The van der Waals surface area contributed by atoms with Gasteiger partial charge in [0.1, 0.15) is 0 Å². The third-order valence-corrected chi connectivity index (χ3v) is 4.35. The van der Waals surface area contributed by atoms with Crippen molar-refractivity contribution in [3.63, 3.8) is 0 Å². The number of hydrogen-bond donors (Lipinski definition) is 0. The van der Waals surface area contributed by atoms with E-state index in [0.29, 0.717) is 0 Å². The average Bonchev–Trinajstić information content (AvgIpc) is 2.27. The first-order valence-corrected chi connectivity index (χ1v) is 7.09. The minimum absolute atomic E-state index is 1.05. The van der Waals surface area contributed by atoms with Gasteiger partial charge in [-0.1, -0.05) is 21.6 Å². The third kappa shape index (κ3) is 3.25. The smallest absolute Gasteiger partial charge is 0.0384 e. The lowest BCUT2D eigenvalue weighted by Gasteiger charge is -2.02. The molecular formula is C12H12N2S2. The van der Waals surface area contributed by atoms with Crippen LogP contribution >= 0.6 is 21.6 Å². The van der Waals surface area contributed by atoms with Crippen LogP contribution in [-0.4, -0.2) is 9.97 Å². The second-order valence-electron chi connectivity index (χ2n) is 3.43. The fourth-order valence-electron chi connectivity index (χ4n) is 1.24. The topological polar surface area (TPSA) is 25.8 Å². The molecule has 0 saturated heterocycles. The van der Waals surface area contributed by atoms with Crippen LogP contribution in [0.2, 0.25) is 0 Å². The molecule has 0 saturated carbocycles. The van der Waals surface area contributed by atoms with Crippen molar-refractivity contribution in [1.29, 1.82) is 0 Å². The predicted molar refractivity (Wildman–Crippen MR) is 69.7 cm³/mol. The van der Waals surface area contributed by atoms with Crippen LogP contribution in [0, 0.1) is 13.8 Å². The zero-order valence-electron chi connectivity index (χ0n) is 9.18. The fourth-order valence-corrected chi connectivity index (χ4v) is 3.30. The maximum Gasteiger partial charge on any atom is 0.0384 e. The Kier molecular flexibility index (Phi) is 3.85. The lowest BCUT2D eigenvalue weighted by molar-refractivity contribution is 1.16. The molecule has 0 aromatic carbocycles. The minimum atomic E-state index is 1.05. The summed E-state index contributed by atoms with van der Waals surface area (Å²) in [7, 11) is 3.49. The Labute approximate surface area is 103 Å². The summed E-state index contributed by atoms with van der Waals surface area (Å²) in [5.41, 5.74) is 2.10. The molecule has 2 nitrogen and oxygen atoms in total. The third-order valence-electron chi connectivity index (χ3n) is 1.97. The summed E-state index contributed by atoms with van der Waals surface area (Å²) in [6.45, 7) is 4.01. The maximum atomic E-state index is 4.18. The molecule has 0 aliphatic carbocycles. The van der Waals surface area contributed by atoms with Crippen molar-refractivity contribution in [2.45, 2.75) is 23.6 Å². The first-order valence-electron chi connectivity index (χ1n) is 4.94. The summed E-state index contributed by atoms with van der Waals surface area (Å²) in [6.07, 6.45) is 3.69. The van der Waals surface area contributed by atoms with E-state index in [1.54, 1.807) is 21.6 Å². The first kappa shape index (κ1) is 11.5. The van der Waals surface area contributed by atoms with Crippen LogP contribution in [0.3, 0.4) is 0 Å². The van der Waals surface area contributed by atoms with E-state index >= 15 is 0 Å². The van der Waals surface area contributed by atoms with Gasteiger partial charge in [-0.05, 0) is 38.1 Å². The van der Waals surface area contributed by atoms with Crippen molar-refractivity contribution < 1.29 is 0 Å². The Hall–Kier alpha value is -1.00. The van der Waals surface area contributed by atoms with E-state index in [9.17, 15) is 0 Å². The van der Waals surface area contributed by atoms with Crippen LogP contribution in [0.25, 0.3) is 0 Å². The Bertz CT molecular complexity index is 440. The molecule has 16 heavy (non-hydrogen) atoms. The number of pyridine rings is 2. The Morgan fingerprint density at radius 3 is 1.62 bits per heavy atom. The molecule has 0 fully saturated rings. The first-order chi connectivity index (χ1) is 7.74. The van der Waals surface area contributed by atoms with Gasteiger partial charge in [-0.3, -0.25) is 9.97 Å². The predicted octanol–water partition coefficient (Wildman–Crippen LogP) is 3.89. The molecule has 0 aliphatic rings. The molecule has 2 heterocycles. The minimum Gasteiger partial charge on any atom is -0.262 e. The van der Waals surface area contributed by atoms with Crippen molar-refractivity contribution in [2.24, 2.45) is 0 Å². The fraction of sp³-hybridized carbons (Fsp3) is 0.167. The number of hydrogen-bond acceptors (Lipinski definition) is 4. The number of nitrogens with zero attached hydrogens (tertiary/aromatic N) is 2. The van der Waals surface area contributed by atoms with Crippen LogP contribution < -0.4 is 0 Å². The Morgan fingerprint density at radius 1 is 0.812 bits per heavy atom. The summed E-state index contributed by atoms with van der Waals surface area (Å²) in [6, 6.07) is 8.23. The molecule has 82 valence electrons. The van der Waals surface area contributed by atoms with E-state index in [1.807, 2.05) is 38.4 Å². The summed E-state index contributed by atoms with van der Waals surface area (Å²) in [4.78, 5) is 10.8. The largest absolute Gasteiger partial charge is 0.262 e. The zero-order chi connectivity index (χ0) is 11.4. The van der Waals surface area contributed by atoms with Crippen LogP contribution in [-0.2, 0) is 0 Å². The lowest BCUT2D eigenvalue weighted by Crippen LogP contribution is -1.80. The van der Waals surface area contributed by atoms with E-state index in [1.165, 1.54) is 9.79 Å². The Morgan fingerprint density at radius 2 is 1.25 bits per heavy atom. The van der Waals surface area contributed by atoms with Crippen molar-refractivity contribution in [1.82, 2.24) is 9.97 Å². The van der Waals surface area contributed by atoms with Gasteiger partial charge in [-0.2, -0.15) is 0 Å². The second-order valence-corrected chi connectivity index (χ2v) is 5.71. The molecule has 2 rings (SSSR count). The molecule has 0 bridgehead atoms. The summed E-state index contributed by atoms with van der Waals surface area (Å²) >= 11 is 0. The highest BCUT2D eigenvalue weighted by Gasteiger charge is 1.98. The number of rotatable bonds is 3. The Balaban J connectivity index is 2.02. The van der Waals surface area contributed by atoms with Crippen LogP contribution in [0.4, 0.5) is 0 Å². The number of aryl methyl sites for hydroxylation is 2. The quantitative estimate of drug-likeness (QED) is 0.770. The second kappa shape index (κ2) is 5.37. The highest BCUT2D eigenvalue weighted by Crippen LogP contribution is 2.37. The molecule has 0 radical (unpaired) electrons. The van der Waals surface area contributed by atoms with Gasteiger partial charge in [0.15, 0.2) is 0 Å². The molecular weight excluding hydrogens is 236 g/mol. The highest BCUT2D eigenvalue weighted by molar-refractivity contribution is 8.76. The van der Waals surface area contributed by atoms with E-state index < -0.39 is 0 Å². The van der Waals surface area contributed by atoms with Gasteiger partial charge in [-0.15, -0.1) is 0 Å². The molecule has 0 spiro atoms. The van der Waals surface area contributed by atoms with Crippen LogP contribution in [0.15, 0.2) is 46.5 Å². The van der Waals surface area contributed by atoms with Gasteiger partial charge in [0.25, 0.3) is 0 Å². The van der Waals surface area contributed by atoms with Crippen molar-refractivity contribution >= 4 is 21.6 Å². The van der Waals surface area contributed by atoms with E-state index in [2.05, 4.69) is 22.1 Å². The van der Waals surface area contributed by atoms with Crippen molar-refractivity contribution in [3.05, 3.63) is 48.0 Å².